The highest BCUT2D eigenvalue weighted by molar-refractivity contribution is 5.80. The molecule has 2 aromatic rings. The summed E-state index contributed by atoms with van der Waals surface area (Å²) < 4.78 is 7.07. The zero-order valence-corrected chi connectivity index (χ0v) is 9.50. The van der Waals surface area contributed by atoms with Gasteiger partial charge in [-0.25, -0.2) is 4.68 Å². The Bertz CT molecular complexity index is 585. The third kappa shape index (κ3) is 1.85. The molecular weight excluding hydrogens is 216 g/mol. The summed E-state index contributed by atoms with van der Waals surface area (Å²) in [6.07, 6.45) is 4.56. The van der Waals surface area contributed by atoms with E-state index >= 15 is 0 Å². The molecule has 88 valence electrons. The summed E-state index contributed by atoms with van der Waals surface area (Å²) in [7, 11) is 0. The highest BCUT2D eigenvalue weighted by Gasteiger charge is 2.18. The fraction of sp³-hybridized carbons (Fsp3) is 0.385. The fourth-order valence-corrected chi connectivity index (χ4v) is 2.23. The van der Waals surface area contributed by atoms with Crippen molar-refractivity contribution in [3.05, 3.63) is 40.8 Å². The summed E-state index contributed by atoms with van der Waals surface area (Å²) in [5, 5.41) is 5.79. The smallest absolute Gasteiger partial charge is 0.277 e. The Morgan fingerprint density at radius 1 is 1.29 bits per heavy atom. The van der Waals surface area contributed by atoms with Crippen LogP contribution in [0, 0.1) is 0 Å². The van der Waals surface area contributed by atoms with Crippen LogP contribution in [0.4, 0.5) is 0 Å². The maximum absolute atomic E-state index is 12.2. The van der Waals surface area contributed by atoms with Crippen molar-refractivity contribution in [3.63, 3.8) is 0 Å². The maximum Gasteiger partial charge on any atom is 0.277 e. The van der Waals surface area contributed by atoms with Gasteiger partial charge in [0, 0.05) is 12.0 Å². The Morgan fingerprint density at radius 3 is 3.00 bits per heavy atom. The Kier molecular flexibility index (Phi) is 2.65. The number of rotatable bonds is 1. The van der Waals surface area contributed by atoms with Gasteiger partial charge in [0.25, 0.3) is 5.56 Å². The first-order valence-electron chi connectivity index (χ1n) is 5.94. The van der Waals surface area contributed by atoms with Crippen LogP contribution in [0.1, 0.15) is 25.5 Å². The van der Waals surface area contributed by atoms with E-state index in [0.717, 1.165) is 24.6 Å². The first-order chi connectivity index (χ1) is 8.36. The molecule has 1 aromatic heterocycles. The van der Waals surface area contributed by atoms with Gasteiger partial charge in [-0.05, 0) is 25.3 Å². The molecule has 1 atom stereocenters. The van der Waals surface area contributed by atoms with Crippen LogP contribution in [-0.4, -0.2) is 16.4 Å². The predicted octanol–water partition coefficient (Wildman–Crippen LogP) is 2.10. The van der Waals surface area contributed by atoms with Gasteiger partial charge in [0.2, 0.25) is 0 Å². The third-order valence-corrected chi connectivity index (χ3v) is 3.15. The molecule has 4 nitrogen and oxygen atoms in total. The molecule has 4 heteroatoms. The van der Waals surface area contributed by atoms with Gasteiger partial charge in [-0.1, -0.05) is 18.2 Å². The number of benzene rings is 1. The Labute approximate surface area is 98.8 Å². The standard InChI is InChI=1S/C13H14N2O2/c16-13-11-6-2-1-5-10(11)9-14-15(13)12-7-3-4-8-17-12/h1-2,5-6,9,12H,3-4,7-8H2. The van der Waals surface area contributed by atoms with E-state index in [1.165, 1.54) is 4.68 Å². The highest BCUT2D eigenvalue weighted by atomic mass is 16.5. The van der Waals surface area contributed by atoms with Crippen molar-refractivity contribution in [3.8, 4) is 0 Å². The van der Waals surface area contributed by atoms with Crippen molar-refractivity contribution in [2.75, 3.05) is 6.61 Å². The lowest BCUT2D eigenvalue weighted by atomic mass is 10.2. The summed E-state index contributed by atoms with van der Waals surface area (Å²) in [6, 6.07) is 7.51. The van der Waals surface area contributed by atoms with Crippen molar-refractivity contribution in [2.24, 2.45) is 0 Å². The largest absolute Gasteiger partial charge is 0.356 e. The van der Waals surface area contributed by atoms with Crippen molar-refractivity contribution < 1.29 is 4.74 Å². The Hall–Kier alpha value is -1.68. The summed E-state index contributed by atoms with van der Waals surface area (Å²) in [4.78, 5) is 12.2. The Balaban J connectivity index is 2.11. The molecule has 1 saturated heterocycles. The molecule has 0 aliphatic carbocycles. The number of fused-ring (bicyclic) bond motifs is 1. The van der Waals surface area contributed by atoms with Gasteiger partial charge in [-0.2, -0.15) is 5.10 Å². The average molecular weight is 230 g/mol. The van der Waals surface area contributed by atoms with Crippen molar-refractivity contribution in [2.45, 2.75) is 25.5 Å². The SMILES string of the molecule is O=c1c2ccccc2cnn1C1CCCCO1. The van der Waals surface area contributed by atoms with Gasteiger partial charge in [0.05, 0.1) is 11.6 Å². The van der Waals surface area contributed by atoms with Crippen LogP contribution in [0.25, 0.3) is 10.8 Å². The molecule has 0 spiro atoms. The lowest BCUT2D eigenvalue weighted by Gasteiger charge is -2.23. The minimum atomic E-state index is -0.194. The second-order valence-electron chi connectivity index (χ2n) is 4.30. The van der Waals surface area contributed by atoms with E-state index < -0.39 is 0 Å². The van der Waals surface area contributed by atoms with Gasteiger partial charge in [-0.15, -0.1) is 0 Å². The predicted molar refractivity (Wildman–Crippen MR) is 64.8 cm³/mol. The van der Waals surface area contributed by atoms with Gasteiger partial charge >= 0.3 is 0 Å². The van der Waals surface area contributed by atoms with Crippen LogP contribution >= 0.6 is 0 Å². The van der Waals surface area contributed by atoms with Gasteiger partial charge in [0.1, 0.15) is 0 Å². The molecule has 2 heterocycles. The molecule has 1 aromatic carbocycles. The quantitative estimate of drug-likeness (QED) is 0.753. The number of hydrogen-bond acceptors (Lipinski definition) is 3. The fourth-order valence-electron chi connectivity index (χ4n) is 2.23. The molecule has 1 fully saturated rings. The van der Waals surface area contributed by atoms with Crippen LogP contribution in [0.2, 0.25) is 0 Å². The first-order valence-corrected chi connectivity index (χ1v) is 5.94. The van der Waals surface area contributed by atoms with Crippen LogP contribution in [0.3, 0.4) is 0 Å². The van der Waals surface area contributed by atoms with Crippen LogP contribution in [-0.2, 0) is 4.74 Å². The van der Waals surface area contributed by atoms with E-state index in [1.807, 2.05) is 24.3 Å². The number of aromatic nitrogens is 2. The minimum Gasteiger partial charge on any atom is -0.356 e. The van der Waals surface area contributed by atoms with Gasteiger partial charge in [-0.3, -0.25) is 4.79 Å². The molecule has 0 amide bonds. The minimum absolute atomic E-state index is 0.0602. The molecule has 0 saturated carbocycles. The van der Waals surface area contributed by atoms with Crippen molar-refractivity contribution in [1.29, 1.82) is 0 Å². The van der Waals surface area contributed by atoms with E-state index in [2.05, 4.69) is 5.10 Å². The van der Waals surface area contributed by atoms with E-state index in [1.54, 1.807) is 6.20 Å². The van der Waals surface area contributed by atoms with E-state index in [9.17, 15) is 4.79 Å². The number of ether oxygens (including phenoxy) is 1. The topological polar surface area (TPSA) is 44.1 Å². The van der Waals surface area contributed by atoms with E-state index in [0.29, 0.717) is 12.0 Å². The second kappa shape index (κ2) is 4.30. The summed E-state index contributed by atoms with van der Waals surface area (Å²) in [5.41, 5.74) is -0.0602. The molecule has 0 N–H and O–H groups in total. The number of hydrogen-bond donors (Lipinski definition) is 0. The van der Waals surface area contributed by atoms with Gasteiger partial charge in [0.15, 0.2) is 6.23 Å². The average Bonchev–Trinajstić information content (AvgIpc) is 2.40. The maximum atomic E-state index is 12.2. The summed E-state index contributed by atoms with van der Waals surface area (Å²) in [5.74, 6) is 0. The van der Waals surface area contributed by atoms with Crippen molar-refractivity contribution >= 4 is 10.8 Å². The summed E-state index contributed by atoms with van der Waals surface area (Å²) >= 11 is 0. The van der Waals surface area contributed by atoms with Crippen LogP contribution in [0.5, 0.6) is 0 Å². The zero-order valence-electron chi connectivity index (χ0n) is 9.50. The lowest BCUT2D eigenvalue weighted by molar-refractivity contribution is -0.0420. The highest BCUT2D eigenvalue weighted by Crippen LogP contribution is 2.20. The monoisotopic (exact) mass is 230 g/mol. The van der Waals surface area contributed by atoms with Crippen LogP contribution < -0.4 is 5.56 Å². The van der Waals surface area contributed by atoms with E-state index in [-0.39, 0.29) is 11.8 Å². The molecule has 0 bridgehead atoms. The summed E-state index contributed by atoms with van der Waals surface area (Å²) in [6.45, 7) is 0.714. The molecule has 1 aliphatic heterocycles. The zero-order chi connectivity index (χ0) is 11.7. The van der Waals surface area contributed by atoms with Crippen molar-refractivity contribution in [1.82, 2.24) is 9.78 Å². The lowest BCUT2D eigenvalue weighted by Crippen LogP contribution is -2.30. The Morgan fingerprint density at radius 2 is 2.18 bits per heavy atom. The van der Waals surface area contributed by atoms with Crippen LogP contribution in [0.15, 0.2) is 35.3 Å². The third-order valence-electron chi connectivity index (χ3n) is 3.15. The molecule has 1 aliphatic rings. The second-order valence-corrected chi connectivity index (χ2v) is 4.30. The molecule has 0 radical (unpaired) electrons. The van der Waals surface area contributed by atoms with E-state index in [4.69, 9.17) is 4.74 Å². The molecule has 3 rings (SSSR count). The normalized spacial score (nSPS) is 20.6. The first kappa shape index (κ1) is 10.5. The molecule has 17 heavy (non-hydrogen) atoms. The molecule has 1 unspecified atom stereocenters. The number of nitrogens with zero attached hydrogens (tertiary/aromatic N) is 2. The molecular formula is C13H14N2O2. The van der Waals surface area contributed by atoms with Gasteiger partial charge < -0.3 is 4.74 Å².